The smallest absolute Gasteiger partial charge is 0.169 e. The molecule has 1 aromatic heterocycles. The number of halogens is 1. The Morgan fingerprint density at radius 2 is 1.80 bits per heavy atom. The first-order valence-electron chi connectivity index (χ1n) is 2.58. The van der Waals surface area contributed by atoms with Crippen LogP contribution in [0.5, 0.6) is 0 Å². The molecule has 1 rings (SSSR count). The molecule has 0 aliphatic heterocycles. The summed E-state index contributed by atoms with van der Waals surface area (Å²) in [4.78, 5) is 0. The summed E-state index contributed by atoms with van der Waals surface area (Å²) in [6, 6.07) is 5.61. The minimum absolute atomic E-state index is 1.69. The van der Waals surface area contributed by atoms with Crippen LogP contribution in [0.2, 0.25) is 0 Å². The molecule has 0 fully saturated rings. The molecule has 1 aromatic rings. The highest BCUT2D eigenvalue weighted by Crippen LogP contribution is 2.42. The number of hydrogen-bond donors (Lipinski definition) is 0. The third-order valence-electron chi connectivity index (χ3n) is 0.976. The summed E-state index contributed by atoms with van der Waals surface area (Å²) in [5.41, 5.74) is 0. The van der Waals surface area contributed by atoms with E-state index in [4.69, 9.17) is 35.3 Å². The van der Waals surface area contributed by atoms with Gasteiger partial charge in [-0.25, -0.2) is 0 Å². The van der Waals surface area contributed by atoms with E-state index in [9.17, 15) is 0 Å². The lowest BCUT2D eigenvalue weighted by molar-refractivity contribution is -0.505. The predicted molar refractivity (Wildman–Crippen MR) is 49.5 cm³/mol. The highest BCUT2D eigenvalue weighted by Gasteiger charge is 2.04. The Bertz CT molecular complexity index is 258. The van der Waals surface area contributed by atoms with E-state index >= 15 is 0 Å². The van der Waals surface area contributed by atoms with E-state index in [-0.39, 0.29) is 0 Å². The van der Waals surface area contributed by atoms with Crippen LogP contribution in [0.3, 0.4) is 0 Å². The fraction of sp³-hybridized carbons (Fsp3) is 0. The van der Waals surface area contributed by atoms with Crippen molar-refractivity contribution in [1.29, 1.82) is 0 Å². The molecule has 0 N–H and O–H groups in total. The van der Waals surface area contributed by atoms with Gasteiger partial charge in [0.15, 0.2) is 17.1 Å². The van der Waals surface area contributed by atoms with Gasteiger partial charge in [0.2, 0.25) is 0 Å². The van der Waals surface area contributed by atoms with Crippen molar-refractivity contribution in [2.45, 2.75) is 0 Å². The van der Waals surface area contributed by atoms with Gasteiger partial charge in [0.1, 0.15) is 0 Å². The van der Waals surface area contributed by atoms with E-state index in [1.807, 2.05) is 18.2 Å². The van der Waals surface area contributed by atoms with Crippen molar-refractivity contribution in [3.63, 3.8) is 0 Å². The molecular weight excluding hydrogens is 205 g/mol. The third-order valence-corrected chi connectivity index (χ3v) is 3.45. The summed E-state index contributed by atoms with van der Waals surface area (Å²) in [5, 5.41) is 0. The largest absolute Gasteiger partial charge is 0.660 e. The monoisotopic (exact) mass is 209 g/mol. The van der Waals surface area contributed by atoms with Gasteiger partial charge in [0, 0.05) is 12.1 Å². The standard InChI is InChI=1S/C5H5ClNPS2/c6-8(9,10)7-4-2-1-3-5-7/h1-5H. The van der Waals surface area contributed by atoms with Crippen LogP contribution in [0.4, 0.5) is 0 Å². The zero-order valence-corrected chi connectivity index (χ0v) is 8.26. The van der Waals surface area contributed by atoms with Crippen LogP contribution >= 0.6 is 16.0 Å². The maximum Gasteiger partial charge on any atom is 0.169 e. The Labute approximate surface area is 75.0 Å². The summed E-state index contributed by atoms with van der Waals surface area (Å²) in [6.45, 7) is 0. The summed E-state index contributed by atoms with van der Waals surface area (Å²) in [5.74, 6) is 0. The molecule has 0 saturated heterocycles. The first-order valence-corrected chi connectivity index (χ1v) is 7.26. The van der Waals surface area contributed by atoms with Gasteiger partial charge >= 0.3 is 0 Å². The Balaban J connectivity index is 3.09. The average molecular weight is 210 g/mol. The van der Waals surface area contributed by atoms with E-state index in [2.05, 4.69) is 0 Å². The van der Waals surface area contributed by atoms with Crippen molar-refractivity contribution in [3.05, 3.63) is 30.6 Å². The van der Waals surface area contributed by atoms with E-state index in [0.717, 1.165) is 0 Å². The number of aromatic nitrogens is 1. The van der Waals surface area contributed by atoms with Crippen molar-refractivity contribution in [2.75, 3.05) is 0 Å². The van der Waals surface area contributed by atoms with Crippen LogP contribution < -0.4 is 4.34 Å². The van der Waals surface area contributed by atoms with Gasteiger partial charge in [0.25, 0.3) is 0 Å². The zero-order chi connectivity index (χ0) is 7.61. The van der Waals surface area contributed by atoms with Crippen molar-refractivity contribution < 1.29 is 4.34 Å². The predicted octanol–water partition coefficient (Wildman–Crippen LogP) is 1.83. The molecule has 0 bridgehead atoms. The minimum Gasteiger partial charge on any atom is -0.660 e. The molecule has 1 unspecified atom stereocenters. The Hall–Kier alpha value is 0.440. The fourth-order valence-electron chi connectivity index (χ4n) is 0.549. The first-order chi connectivity index (χ1) is 4.61. The third kappa shape index (κ3) is 2.24. The van der Waals surface area contributed by atoms with Crippen LogP contribution in [-0.2, 0) is 24.1 Å². The first kappa shape index (κ1) is 8.54. The lowest BCUT2D eigenvalue weighted by Crippen LogP contribution is -2.25. The number of pyridine rings is 1. The lowest BCUT2D eigenvalue weighted by Gasteiger charge is -2.11. The van der Waals surface area contributed by atoms with Gasteiger partial charge < -0.3 is 12.2 Å². The molecule has 0 saturated carbocycles. The van der Waals surface area contributed by atoms with E-state index in [0.29, 0.717) is 0 Å². The second kappa shape index (κ2) is 3.22. The maximum absolute atomic E-state index is 5.76. The second-order valence-electron chi connectivity index (χ2n) is 1.71. The van der Waals surface area contributed by atoms with Crippen molar-refractivity contribution in [1.82, 2.24) is 0 Å². The van der Waals surface area contributed by atoms with E-state index in [1.165, 1.54) is 0 Å². The van der Waals surface area contributed by atoms with Crippen LogP contribution in [0.25, 0.3) is 0 Å². The minimum atomic E-state index is -2.21. The van der Waals surface area contributed by atoms with E-state index in [1.54, 1.807) is 16.7 Å². The van der Waals surface area contributed by atoms with Gasteiger partial charge in [-0.2, -0.15) is 4.34 Å². The maximum atomic E-state index is 5.76. The topological polar surface area (TPSA) is 3.88 Å². The van der Waals surface area contributed by atoms with Crippen molar-refractivity contribution in [3.8, 4) is 0 Å². The number of rotatable bonds is 1. The summed E-state index contributed by atoms with van der Waals surface area (Å²) < 4.78 is -0.519. The molecule has 5 heteroatoms. The molecular formula is C5H5ClNPS2. The zero-order valence-electron chi connectivity index (χ0n) is 4.98. The SMILES string of the molecule is S=P([S-])(Cl)[n+]1ccccc1. The Morgan fingerprint density at radius 3 is 2.10 bits per heavy atom. The number of hydrogen-bond acceptors (Lipinski definition) is 2. The molecule has 0 aliphatic carbocycles. The molecule has 0 radical (unpaired) electrons. The van der Waals surface area contributed by atoms with E-state index < -0.39 is 4.74 Å². The van der Waals surface area contributed by atoms with Gasteiger partial charge in [0.05, 0.1) is 0 Å². The molecule has 0 amide bonds. The molecule has 0 aromatic carbocycles. The van der Waals surface area contributed by atoms with Crippen LogP contribution in [-0.4, -0.2) is 0 Å². The molecule has 1 heterocycles. The summed E-state index contributed by atoms with van der Waals surface area (Å²) in [7, 11) is 0. The van der Waals surface area contributed by atoms with Crippen LogP contribution in [0, 0.1) is 0 Å². The van der Waals surface area contributed by atoms with Crippen LogP contribution in [0.15, 0.2) is 30.6 Å². The fourth-order valence-corrected chi connectivity index (χ4v) is 1.98. The average Bonchev–Trinajstić information content (AvgIpc) is 1.88. The molecule has 1 nitrogen and oxygen atoms in total. The lowest BCUT2D eigenvalue weighted by atomic mass is 10.5. The highest BCUT2D eigenvalue weighted by molar-refractivity contribution is 8.61. The summed E-state index contributed by atoms with van der Waals surface area (Å²) >= 11 is 15.6. The van der Waals surface area contributed by atoms with Crippen molar-refractivity contribution >= 4 is 40.0 Å². The van der Waals surface area contributed by atoms with Gasteiger partial charge in [-0.1, -0.05) is 6.07 Å². The normalized spacial score (nSPS) is 16.2. The molecule has 1 atom stereocenters. The van der Waals surface area contributed by atoms with Crippen LogP contribution in [0.1, 0.15) is 0 Å². The molecule has 0 spiro atoms. The Kier molecular flexibility index (Phi) is 2.75. The molecule has 0 aliphatic rings. The quantitative estimate of drug-likeness (QED) is 0.513. The van der Waals surface area contributed by atoms with Gasteiger partial charge in [-0.15, -0.1) is 0 Å². The molecule has 10 heavy (non-hydrogen) atoms. The molecule has 54 valence electrons. The van der Waals surface area contributed by atoms with Gasteiger partial charge in [-0.05, 0) is 23.0 Å². The Morgan fingerprint density at radius 1 is 1.30 bits per heavy atom. The second-order valence-corrected chi connectivity index (χ2v) is 9.61. The van der Waals surface area contributed by atoms with Gasteiger partial charge in [-0.3, -0.25) is 0 Å². The highest BCUT2D eigenvalue weighted by atomic mass is 35.7. The van der Waals surface area contributed by atoms with Crippen molar-refractivity contribution in [2.24, 2.45) is 0 Å². The number of nitrogens with zero attached hydrogens (tertiary/aromatic N) is 1. The summed E-state index contributed by atoms with van der Waals surface area (Å²) in [6.07, 6.45) is 3.58.